The molecule has 0 aromatic rings. The zero-order valence-corrected chi connectivity index (χ0v) is 7.06. The summed E-state index contributed by atoms with van der Waals surface area (Å²) in [6.45, 7) is 1.58. The first-order valence-corrected chi connectivity index (χ1v) is 3.81. The quantitative estimate of drug-likeness (QED) is 0.395. The van der Waals surface area contributed by atoms with Gasteiger partial charge in [0.25, 0.3) is 0 Å². The Morgan fingerprint density at radius 2 is 2.29 bits per heavy atom. The van der Waals surface area contributed by atoms with Crippen molar-refractivity contribution in [2.45, 2.75) is 6.92 Å². The fourth-order valence-electron chi connectivity index (χ4n) is 0.223. The molecule has 0 unspecified atom stereocenters. The Hall–Kier alpha value is -0.313. The molecule has 42 valence electrons. The van der Waals surface area contributed by atoms with Gasteiger partial charge in [-0.1, -0.05) is 0 Å². The highest BCUT2D eigenvalue weighted by atomic mass is 28.1. The van der Waals surface area contributed by atoms with Gasteiger partial charge in [0.05, 0.1) is 0 Å². The zero-order valence-electron chi connectivity index (χ0n) is 5.06. The summed E-state index contributed by atoms with van der Waals surface area (Å²) in [5, 5.41) is 0. The molecular weight excluding hydrogens is 106 g/mol. The highest BCUT2D eigenvalue weighted by Gasteiger charge is 1.93. The van der Waals surface area contributed by atoms with E-state index in [0.29, 0.717) is 0 Å². The number of hydrogen-bond donors (Lipinski definition) is 0. The minimum Gasteiger partial charge on any atom is -0.350 e. The van der Waals surface area contributed by atoms with E-state index in [1.807, 2.05) is 7.05 Å². The van der Waals surface area contributed by atoms with Gasteiger partial charge in [0.2, 0.25) is 5.91 Å². The predicted octanol–water partition coefficient (Wildman–Crippen LogP) is -1.21. The lowest BCUT2D eigenvalue weighted by Gasteiger charge is -2.09. The summed E-state index contributed by atoms with van der Waals surface area (Å²) in [5.74, 6) is 0.162. The van der Waals surface area contributed by atoms with E-state index in [1.54, 1.807) is 11.8 Å². The molecule has 0 N–H and O–H groups in total. The van der Waals surface area contributed by atoms with Gasteiger partial charge in [-0.15, -0.1) is 0 Å². The van der Waals surface area contributed by atoms with Gasteiger partial charge in [-0.2, -0.15) is 0 Å². The van der Waals surface area contributed by atoms with E-state index in [0.717, 1.165) is 16.4 Å². The first-order chi connectivity index (χ1) is 3.18. The Labute approximate surface area is 46.9 Å². The van der Waals surface area contributed by atoms with E-state index in [4.69, 9.17) is 0 Å². The number of carbonyl (C=O) groups is 1. The first kappa shape index (κ1) is 6.69. The average molecular weight is 117 g/mol. The van der Waals surface area contributed by atoms with Gasteiger partial charge in [-0.05, 0) is 0 Å². The van der Waals surface area contributed by atoms with Crippen LogP contribution in [0.25, 0.3) is 0 Å². The molecule has 0 aromatic carbocycles. The molecule has 0 aliphatic rings. The number of hydrogen-bond acceptors (Lipinski definition) is 1. The van der Waals surface area contributed by atoms with Crippen LogP contribution in [-0.2, 0) is 4.79 Å². The molecule has 0 spiro atoms. The summed E-state index contributed by atoms with van der Waals surface area (Å²) in [6, 6.07) is 0. The van der Waals surface area contributed by atoms with E-state index in [-0.39, 0.29) is 5.91 Å². The molecule has 0 saturated heterocycles. The van der Waals surface area contributed by atoms with Crippen LogP contribution < -0.4 is 0 Å². The molecule has 0 rings (SSSR count). The molecule has 1 amide bonds. The summed E-state index contributed by atoms with van der Waals surface area (Å²) in [5.41, 5.74) is 0. The molecule has 0 saturated carbocycles. The molecule has 0 fully saturated rings. The van der Waals surface area contributed by atoms with Crippen LogP contribution in [0.3, 0.4) is 0 Å². The van der Waals surface area contributed by atoms with Crippen LogP contribution in [0.1, 0.15) is 6.92 Å². The second kappa shape index (κ2) is 2.79. The van der Waals surface area contributed by atoms with Gasteiger partial charge < -0.3 is 4.90 Å². The SMILES string of the molecule is CC(=O)N(C)C[SiH3]. The third-order valence-electron chi connectivity index (χ3n) is 1.01. The lowest BCUT2D eigenvalue weighted by Crippen LogP contribution is -2.24. The van der Waals surface area contributed by atoms with E-state index < -0.39 is 0 Å². The Bertz CT molecular complexity index is 74.1. The maximum Gasteiger partial charge on any atom is 0.218 e. The molecule has 0 bridgehead atoms. The number of nitrogens with zero attached hydrogens (tertiary/aromatic N) is 1. The van der Waals surface area contributed by atoms with E-state index in [9.17, 15) is 4.79 Å². The Kier molecular flexibility index (Phi) is 2.67. The van der Waals surface area contributed by atoms with Crippen LogP contribution in [0.2, 0.25) is 0 Å². The van der Waals surface area contributed by atoms with Crippen molar-refractivity contribution in [1.29, 1.82) is 0 Å². The van der Waals surface area contributed by atoms with Crippen molar-refractivity contribution in [3.63, 3.8) is 0 Å². The molecule has 0 radical (unpaired) electrons. The average Bonchev–Trinajstić information content (AvgIpc) is 1.65. The van der Waals surface area contributed by atoms with Crippen molar-refractivity contribution in [3.8, 4) is 0 Å². The summed E-state index contributed by atoms with van der Waals surface area (Å²) < 4.78 is 0. The molecule has 2 nitrogen and oxygen atoms in total. The molecule has 3 heteroatoms. The fraction of sp³-hybridized carbons (Fsp3) is 0.750. The molecule has 7 heavy (non-hydrogen) atoms. The second-order valence-electron chi connectivity index (χ2n) is 1.53. The normalized spacial score (nSPS) is 8.86. The third kappa shape index (κ3) is 2.39. The minimum absolute atomic E-state index is 0.162. The minimum atomic E-state index is 0.162. The van der Waals surface area contributed by atoms with E-state index in [2.05, 4.69) is 0 Å². The summed E-state index contributed by atoms with van der Waals surface area (Å²) >= 11 is 0. The molecule has 0 heterocycles. The van der Waals surface area contributed by atoms with Crippen molar-refractivity contribution in [1.82, 2.24) is 4.90 Å². The highest BCUT2D eigenvalue weighted by Crippen LogP contribution is 1.75. The maximum absolute atomic E-state index is 10.3. The maximum atomic E-state index is 10.3. The second-order valence-corrected chi connectivity index (χ2v) is 2.17. The standard InChI is InChI=1S/C4H11NOSi/c1-4(6)5(2)3-7/h3H2,1-2,7H3. The van der Waals surface area contributed by atoms with Crippen LogP contribution in [0.4, 0.5) is 0 Å². The Morgan fingerprint density at radius 1 is 1.86 bits per heavy atom. The monoisotopic (exact) mass is 117 g/mol. The smallest absolute Gasteiger partial charge is 0.218 e. The zero-order chi connectivity index (χ0) is 5.86. The van der Waals surface area contributed by atoms with Gasteiger partial charge in [0.1, 0.15) is 0 Å². The van der Waals surface area contributed by atoms with Crippen LogP contribution in [-0.4, -0.2) is 34.3 Å². The summed E-state index contributed by atoms with van der Waals surface area (Å²) in [4.78, 5) is 12.0. The topological polar surface area (TPSA) is 20.3 Å². The summed E-state index contributed by atoms with van der Waals surface area (Å²) in [7, 11) is 2.89. The number of amides is 1. The fourth-order valence-corrected chi connectivity index (χ4v) is 0.668. The van der Waals surface area contributed by atoms with Gasteiger partial charge in [0, 0.05) is 30.4 Å². The lowest BCUT2D eigenvalue weighted by atomic mass is 10.6. The van der Waals surface area contributed by atoms with Crippen LogP contribution in [0, 0.1) is 0 Å². The van der Waals surface area contributed by atoms with Crippen molar-refractivity contribution in [2.24, 2.45) is 0 Å². The molecule has 0 aliphatic carbocycles. The highest BCUT2D eigenvalue weighted by molar-refractivity contribution is 6.09. The summed E-state index contributed by atoms with van der Waals surface area (Å²) in [6.07, 6.45) is 0.940. The van der Waals surface area contributed by atoms with Crippen molar-refractivity contribution < 1.29 is 4.79 Å². The largest absolute Gasteiger partial charge is 0.350 e. The third-order valence-corrected chi connectivity index (χ3v) is 1.96. The molecule has 0 atom stereocenters. The van der Waals surface area contributed by atoms with E-state index in [1.165, 1.54) is 0 Å². The van der Waals surface area contributed by atoms with Gasteiger partial charge >= 0.3 is 0 Å². The predicted molar refractivity (Wildman–Crippen MR) is 33.2 cm³/mol. The number of rotatable bonds is 1. The van der Waals surface area contributed by atoms with Gasteiger partial charge in [0.15, 0.2) is 0 Å². The number of carbonyl (C=O) groups excluding carboxylic acids is 1. The Balaban J connectivity index is 3.34. The molecule has 0 aliphatic heterocycles. The first-order valence-electron chi connectivity index (χ1n) is 2.40. The van der Waals surface area contributed by atoms with E-state index >= 15 is 0 Å². The van der Waals surface area contributed by atoms with Crippen LogP contribution >= 0.6 is 0 Å². The van der Waals surface area contributed by atoms with Gasteiger partial charge in [-0.3, -0.25) is 4.79 Å². The van der Waals surface area contributed by atoms with Crippen molar-refractivity contribution in [2.75, 3.05) is 13.2 Å². The molecular formula is C4H11NOSi. The van der Waals surface area contributed by atoms with Crippen molar-refractivity contribution >= 4 is 16.1 Å². The molecule has 0 aromatic heterocycles. The Morgan fingerprint density at radius 3 is 2.29 bits per heavy atom. The van der Waals surface area contributed by atoms with Crippen LogP contribution in [0.15, 0.2) is 0 Å². The lowest BCUT2D eigenvalue weighted by molar-refractivity contribution is -0.126. The van der Waals surface area contributed by atoms with Crippen molar-refractivity contribution in [3.05, 3.63) is 0 Å². The van der Waals surface area contributed by atoms with Crippen LogP contribution in [0.5, 0.6) is 0 Å². The van der Waals surface area contributed by atoms with Gasteiger partial charge in [-0.25, -0.2) is 0 Å².